The Morgan fingerprint density at radius 3 is 2.55 bits per heavy atom. The van der Waals surface area contributed by atoms with Gasteiger partial charge in [-0.25, -0.2) is 4.79 Å². The molecule has 2 rings (SSSR count). The molecule has 0 atom stereocenters. The van der Waals surface area contributed by atoms with Crippen LogP contribution in [0.4, 0.5) is 13.2 Å². The van der Waals surface area contributed by atoms with Crippen molar-refractivity contribution in [2.24, 2.45) is 0 Å². The van der Waals surface area contributed by atoms with Gasteiger partial charge in [-0.3, -0.25) is 4.98 Å². The van der Waals surface area contributed by atoms with Gasteiger partial charge in [-0.1, -0.05) is 6.07 Å². The normalized spacial score (nSPS) is 11.1. The predicted molar refractivity (Wildman–Crippen MR) is 69.9 cm³/mol. The summed E-state index contributed by atoms with van der Waals surface area (Å²) in [6.07, 6.45) is -2.14. The fourth-order valence-electron chi connectivity index (χ4n) is 1.85. The molecule has 0 fully saturated rings. The molecule has 0 radical (unpaired) electrons. The molecule has 0 aliphatic rings. The summed E-state index contributed by atoms with van der Waals surface area (Å²) in [7, 11) is 1.40. The second-order valence-electron chi connectivity index (χ2n) is 4.14. The van der Waals surface area contributed by atoms with Crippen molar-refractivity contribution in [3.8, 4) is 22.6 Å². The number of carboxylic acids is 1. The number of carbonyl (C=O) groups is 1. The van der Waals surface area contributed by atoms with Crippen molar-refractivity contribution in [1.29, 1.82) is 0 Å². The van der Waals surface area contributed by atoms with Crippen LogP contribution in [0.5, 0.6) is 11.5 Å². The third-order valence-electron chi connectivity index (χ3n) is 2.75. The fourth-order valence-corrected chi connectivity index (χ4v) is 1.85. The highest BCUT2D eigenvalue weighted by molar-refractivity contribution is 5.92. The number of hydrogen-bond acceptors (Lipinski definition) is 4. The van der Waals surface area contributed by atoms with Crippen LogP contribution >= 0.6 is 0 Å². The molecule has 0 aliphatic carbocycles. The zero-order valence-corrected chi connectivity index (χ0v) is 11.2. The number of halogens is 3. The number of aromatic nitrogens is 1. The van der Waals surface area contributed by atoms with Gasteiger partial charge in [0.2, 0.25) is 0 Å². The first-order valence-electron chi connectivity index (χ1n) is 5.93. The highest BCUT2D eigenvalue weighted by atomic mass is 19.4. The molecule has 0 bridgehead atoms. The minimum atomic E-state index is -5.00. The summed E-state index contributed by atoms with van der Waals surface area (Å²) in [5.41, 5.74) is 0.104. The zero-order chi connectivity index (χ0) is 16.3. The van der Waals surface area contributed by atoms with Crippen LogP contribution in [0.25, 0.3) is 11.1 Å². The standard InChI is InChI=1S/C14H10F3NO4/c1-21-11-4-5-18-7-10(11)8-2-3-9(13(19)20)12(6-8)22-14(15,16)17/h2-7H,1H3,(H,19,20). The molecule has 116 valence electrons. The first-order chi connectivity index (χ1) is 10.3. The van der Waals surface area contributed by atoms with Gasteiger partial charge in [-0.2, -0.15) is 0 Å². The van der Waals surface area contributed by atoms with Gasteiger partial charge in [0.25, 0.3) is 0 Å². The van der Waals surface area contributed by atoms with E-state index >= 15 is 0 Å². The number of benzene rings is 1. The van der Waals surface area contributed by atoms with Crippen LogP contribution in [0.2, 0.25) is 0 Å². The highest BCUT2D eigenvalue weighted by Gasteiger charge is 2.33. The lowest BCUT2D eigenvalue weighted by molar-refractivity contribution is -0.274. The number of nitrogens with zero attached hydrogens (tertiary/aromatic N) is 1. The van der Waals surface area contributed by atoms with Gasteiger partial charge in [-0.15, -0.1) is 13.2 Å². The predicted octanol–water partition coefficient (Wildman–Crippen LogP) is 3.35. The second-order valence-corrected chi connectivity index (χ2v) is 4.14. The van der Waals surface area contributed by atoms with Crippen molar-refractivity contribution >= 4 is 5.97 Å². The van der Waals surface area contributed by atoms with E-state index in [4.69, 9.17) is 9.84 Å². The Morgan fingerprint density at radius 1 is 1.23 bits per heavy atom. The van der Waals surface area contributed by atoms with E-state index in [9.17, 15) is 18.0 Å². The van der Waals surface area contributed by atoms with Gasteiger partial charge in [0, 0.05) is 18.0 Å². The Kier molecular flexibility index (Phi) is 4.20. The summed E-state index contributed by atoms with van der Waals surface area (Å²) in [6.45, 7) is 0. The maximum absolute atomic E-state index is 12.4. The fraction of sp³-hybridized carbons (Fsp3) is 0.143. The molecule has 0 unspecified atom stereocenters. The molecule has 0 saturated carbocycles. The van der Waals surface area contributed by atoms with Gasteiger partial charge in [0.1, 0.15) is 17.1 Å². The molecule has 0 aliphatic heterocycles. The summed E-state index contributed by atoms with van der Waals surface area (Å²) >= 11 is 0. The summed E-state index contributed by atoms with van der Waals surface area (Å²) in [5, 5.41) is 8.94. The molecule has 1 N–H and O–H groups in total. The Balaban J connectivity index is 2.55. The van der Waals surface area contributed by atoms with Crippen molar-refractivity contribution in [1.82, 2.24) is 4.98 Å². The van der Waals surface area contributed by atoms with E-state index in [-0.39, 0.29) is 5.56 Å². The third kappa shape index (κ3) is 3.46. The van der Waals surface area contributed by atoms with Gasteiger partial charge < -0.3 is 14.6 Å². The molecule has 2 aromatic rings. The number of hydrogen-bond donors (Lipinski definition) is 1. The van der Waals surface area contributed by atoms with E-state index < -0.39 is 23.6 Å². The number of ether oxygens (including phenoxy) is 2. The first-order valence-corrected chi connectivity index (χ1v) is 5.93. The van der Waals surface area contributed by atoms with E-state index in [0.717, 1.165) is 12.1 Å². The summed E-state index contributed by atoms with van der Waals surface area (Å²) < 4.78 is 46.1. The van der Waals surface area contributed by atoms with Crippen LogP contribution < -0.4 is 9.47 Å². The highest BCUT2D eigenvalue weighted by Crippen LogP contribution is 2.34. The monoisotopic (exact) mass is 313 g/mol. The lowest BCUT2D eigenvalue weighted by atomic mass is 10.0. The molecule has 5 nitrogen and oxygen atoms in total. The van der Waals surface area contributed by atoms with Gasteiger partial charge in [0.15, 0.2) is 0 Å². The van der Waals surface area contributed by atoms with Crippen molar-refractivity contribution in [2.45, 2.75) is 6.36 Å². The minimum Gasteiger partial charge on any atom is -0.496 e. The van der Waals surface area contributed by atoms with Crippen molar-refractivity contribution in [3.05, 3.63) is 42.2 Å². The number of alkyl halides is 3. The minimum absolute atomic E-state index is 0.286. The molecular formula is C14H10F3NO4. The molecule has 1 heterocycles. The average molecular weight is 313 g/mol. The van der Waals surface area contributed by atoms with Crippen molar-refractivity contribution in [3.63, 3.8) is 0 Å². The topological polar surface area (TPSA) is 68.7 Å². The third-order valence-corrected chi connectivity index (χ3v) is 2.75. The van der Waals surface area contributed by atoms with Crippen LogP contribution in [0.3, 0.4) is 0 Å². The van der Waals surface area contributed by atoms with Crippen LogP contribution in [0, 0.1) is 0 Å². The number of rotatable bonds is 4. The van der Waals surface area contributed by atoms with E-state index in [2.05, 4.69) is 9.72 Å². The van der Waals surface area contributed by atoms with Crippen molar-refractivity contribution in [2.75, 3.05) is 7.11 Å². The van der Waals surface area contributed by atoms with E-state index in [1.165, 1.54) is 31.6 Å². The first kappa shape index (κ1) is 15.6. The van der Waals surface area contributed by atoms with Crippen LogP contribution in [-0.2, 0) is 0 Å². The lowest BCUT2D eigenvalue weighted by Crippen LogP contribution is -2.19. The molecule has 0 saturated heterocycles. The molecule has 1 aromatic carbocycles. The summed E-state index contributed by atoms with van der Waals surface area (Å²) in [6, 6.07) is 4.90. The lowest BCUT2D eigenvalue weighted by Gasteiger charge is -2.14. The Labute approximate surface area is 122 Å². The molecule has 22 heavy (non-hydrogen) atoms. The molecule has 0 amide bonds. The number of pyridine rings is 1. The Morgan fingerprint density at radius 2 is 1.95 bits per heavy atom. The van der Waals surface area contributed by atoms with Crippen LogP contribution in [0.15, 0.2) is 36.7 Å². The van der Waals surface area contributed by atoms with E-state index in [1.54, 1.807) is 0 Å². The van der Waals surface area contributed by atoms with Crippen LogP contribution in [0.1, 0.15) is 10.4 Å². The summed E-state index contributed by atoms with van der Waals surface area (Å²) in [5.74, 6) is -1.94. The number of methoxy groups -OCH3 is 1. The maximum Gasteiger partial charge on any atom is 0.573 e. The molecule has 8 heteroatoms. The Hall–Kier alpha value is -2.77. The molecule has 1 aromatic heterocycles. The van der Waals surface area contributed by atoms with Gasteiger partial charge >= 0.3 is 12.3 Å². The van der Waals surface area contributed by atoms with Crippen molar-refractivity contribution < 1.29 is 32.5 Å². The number of aromatic carboxylic acids is 1. The zero-order valence-electron chi connectivity index (χ0n) is 11.2. The van der Waals surface area contributed by atoms with Crippen LogP contribution in [-0.4, -0.2) is 29.5 Å². The SMILES string of the molecule is COc1ccncc1-c1ccc(C(=O)O)c(OC(F)(F)F)c1. The van der Waals surface area contributed by atoms with E-state index in [1.807, 2.05) is 0 Å². The molecule has 0 spiro atoms. The second kappa shape index (κ2) is 5.92. The summed E-state index contributed by atoms with van der Waals surface area (Å²) in [4.78, 5) is 14.9. The quantitative estimate of drug-likeness (QED) is 0.937. The van der Waals surface area contributed by atoms with Gasteiger partial charge in [0.05, 0.1) is 7.11 Å². The molecular weight excluding hydrogens is 303 g/mol. The Bertz CT molecular complexity index is 701. The largest absolute Gasteiger partial charge is 0.573 e. The average Bonchev–Trinajstić information content (AvgIpc) is 2.45. The van der Waals surface area contributed by atoms with E-state index in [0.29, 0.717) is 11.3 Å². The smallest absolute Gasteiger partial charge is 0.496 e. The maximum atomic E-state index is 12.4. The number of carboxylic acid groups (broad SMARTS) is 1. The van der Waals surface area contributed by atoms with Gasteiger partial charge in [-0.05, 0) is 23.8 Å².